The van der Waals surface area contributed by atoms with E-state index in [9.17, 15) is 9.59 Å². The van der Waals surface area contributed by atoms with Crippen molar-refractivity contribution in [3.63, 3.8) is 0 Å². The summed E-state index contributed by atoms with van der Waals surface area (Å²) in [5.74, 6) is 11.8. The molecule has 0 amide bonds. The quantitative estimate of drug-likeness (QED) is 0.0961. The Labute approximate surface area is 291 Å². The van der Waals surface area contributed by atoms with Crippen LogP contribution < -0.4 is 10.6 Å². The molecule has 0 aromatic heterocycles. The fraction of sp³-hybridized carbons (Fsp3) is 0.286. The van der Waals surface area contributed by atoms with Crippen molar-refractivity contribution in [3.8, 4) is 23.7 Å². The molecule has 0 atom stereocenters. The van der Waals surface area contributed by atoms with Gasteiger partial charge in [-0.2, -0.15) is 0 Å². The summed E-state index contributed by atoms with van der Waals surface area (Å²) in [7, 11) is -3.60. The first kappa shape index (κ1) is 37.1. The van der Waals surface area contributed by atoms with Crippen LogP contribution in [-0.2, 0) is 18.5 Å². The van der Waals surface area contributed by atoms with Crippen LogP contribution in [0.4, 0.5) is 0 Å². The van der Waals surface area contributed by atoms with Crippen LogP contribution in [0.3, 0.4) is 0 Å². The van der Waals surface area contributed by atoms with Crippen molar-refractivity contribution in [3.05, 3.63) is 132 Å². The van der Waals surface area contributed by atoms with E-state index in [0.29, 0.717) is 11.1 Å². The molecular weight excluding hydrogens is 631 g/mol. The summed E-state index contributed by atoms with van der Waals surface area (Å²) in [6, 6.07) is 37.3. The average Bonchev–Trinajstić information content (AvgIpc) is 3.07. The maximum atomic E-state index is 12.8. The minimum atomic E-state index is -3.60. The molecule has 0 heterocycles. The first-order valence-corrected chi connectivity index (χ1v) is 18.0. The van der Waals surface area contributed by atoms with E-state index in [1.54, 1.807) is 76.2 Å². The van der Waals surface area contributed by atoms with Crippen LogP contribution in [0.15, 0.2) is 121 Å². The Bertz CT molecular complexity index is 1700. The molecule has 0 aliphatic rings. The Morgan fingerprint density at radius 3 is 1.00 bits per heavy atom. The summed E-state index contributed by atoms with van der Waals surface area (Å²) < 4.78 is 25.8. The normalized spacial score (nSPS) is 12.4. The van der Waals surface area contributed by atoms with E-state index < -0.39 is 42.1 Å². The Hall–Kier alpha value is -4.71. The summed E-state index contributed by atoms with van der Waals surface area (Å²) >= 11 is 0. The molecule has 4 aromatic carbocycles. The molecule has 0 spiro atoms. The van der Waals surface area contributed by atoms with Gasteiger partial charge in [0.1, 0.15) is 0 Å². The second kappa shape index (κ2) is 15.2. The van der Waals surface area contributed by atoms with E-state index in [4.69, 9.17) is 18.5 Å². The maximum absolute atomic E-state index is 12.8. The zero-order chi connectivity index (χ0) is 35.8. The number of carbonyl (C=O) groups excluding carboxylic acids is 2. The van der Waals surface area contributed by atoms with Gasteiger partial charge in [-0.3, -0.25) is 0 Å². The van der Waals surface area contributed by atoms with Crippen LogP contribution >= 0.6 is 7.72 Å². The van der Waals surface area contributed by atoms with Gasteiger partial charge in [-0.1, -0.05) is 0 Å². The first-order chi connectivity index (χ1) is 23.0. The molecular formula is C42H45O6P. The van der Waals surface area contributed by atoms with Gasteiger partial charge < -0.3 is 0 Å². The van der Waals surface area contributed by atoms with Gasteiger partial charge in [0.05, 0.1) is 0 Å². The molecule has 49 heavy (non-hydrogen) atoms. The number of hydrogen-bond donors (Lipinski definition) is 0. The second-order valence-corrected chi connectivity index (χ2v) is 16.4. The zero-order valence-electron chi connectivity index (χ0n) is 29.5. The fourth-order valence-electron chi connectivity index (χ4n) is 4.89. The molecule has 254 valence electrons. The molecule has 4 aromatic rings. The number of hydrogen-bond acceptors (Lipinski definition) is 6. The summed E-state index contributed by atoms with van der Waals surface area (Å²) in [4.78, 5) is 25.7. The van der Waals surface area contributed by atoms with Crippen molar-refractivity contribution in [1.29, 1.82) is 0 Å². The van der Waals surface area contributed by atoms with Crippen LogP contribution in [0.2, 0.25) is 0 Å². The number of esters is 2. The number of ether oxygens (including phenoxy) is 2. The van der Waals surface area contributed by atoms with Crippen molar-refractivity contribution in [2.45, 2.75) is 77.8 Å². The Balaban J connectivity index is 1.70. The summed E-state index contributed by atoms with van der Waals surface area (Å²) in [5, 5.41) is 1.71. The van der Waals surface area contributed by atoms with Gasteiger partial charge in [0.15, 0.2) is 0 Å². The van der Waals surface area contributed by atoms with Crippen molar-refractivity contribution in [2.24, 2.45) is 0 Å². The topological polar surface area (TPSA) is 71.1 Å². The van der Waals surface area contributed by atoms with Gasteiger partial charge in [-0.15, -0.1) is 0 Å². The van der Waals surface area contributed by atoms with Crippen LogP contribution in [-0.4, -0.2) is 34.3 Å². The predicted molar refractivity (Wildman–Crippen MR) is 198 cm³/mol. The molecule has 6 nitrogen and oxygen atoms in total. The molecule has 7 heteroatoms. The molecule has 0 bridgehead atoms. The van der Waals surface area contributed by atoms with Crippen LogP contribution in [0, 0.1) is 23.7 Å². The van der Waals surface area contributed by atoms with Gasteiger partial charge in [0.25, 0.3) is 0 Å². The van der Waals surface area contributed by atoms with Crippen molar-refractivity contribution in [2.75, 3.05) is 0 Å². The number of carbonyl (C=O) groups is 2. The molecule has 0 saturated heterocycles. The SMILES string of the molecule is CC(C)(C#CC(C)(C)O[PH](OC(C)(C)C#CC(C)(C)OC(=O)c1ccccc1)(c1ccccc1)c1ccccc1)OC(=O)c1ccccc1. The Morgan fingerprint density at radius 2 is 0.694 bits per heavy atom. The summed E-state index contributed by atoms with van der Waals surface area (Å²) in [5.41, 5.74) is -3.45. The number of rotatable bonds is 10. The zero-order valence-corrected chi connectivity index (χ0v) is 30.5. The number of benzene rings is 4. The van der Waals surface area contributed by atoms with Crippen molar-refractivity contribution >= 4 is 30.3 Å². The third-order valence-corrected chi connectivity index (χ3v) is 10.9. The molecule has 0 aliphatic heterocycles. The van der Waals surface area contributed by atoms with Crippen LogP contribution in [0.1, 0.15) is 76.1 Å². The van der Waals surface area contributed by atoms with Crippen molar-refractivity contribution < 1.29 is 28.1 Å². The van der Waals surface area contributed by atoms with E-state index in [1.807, 2.05) is 100 Å². The fourth-order valence-corrected chi connectivity index (χ4v) is 8.54. The summed E-state index contributed by atoms with van der Waals surface area (Å²) in [6.45, 7) is 14.5. The molecule has 4 rings (SSSR count). The Morgan fingerprint density at radius 1 is 0.429 bits per heavy atom. The molecule has 0 fully saturated rings. The summed E-state index contributed by atoms with van der Waals surface area (Å²) in [6.07, 6.45) is 0. The van der Waals surface area contributed by atoms with Gasteiger partial charge >= 0.3 is 292 Å². The van der Waals surface area contributed by atoms with Crippen LogP contribution in [0.5, 0.6) is 0 Å². The van der Waals surface area contributed by atoms with Gasteiger partial charge in [-0.25, -0.2) is 0 Å². The standard InChI is InChI=1S/C42H45O6P/c1-39(2,45-37(43)33-21-13-9-14-22-33)29-31-41(5,6)47-49(35-25-17-11-18-26-35,36-27-19-12-20-28-36)48-42(7,8)32-30-40(3,4)46-38(44)34-23-15-10-16-24-34/h9-28,49H,1-8H3. The molecule has 0 aliphatic carbocycles. The Kier molecular flexibility index (Phi) is 11.5. The third kappa shape index (κ3) is 10.6. The monoisotopic (exact) mass is 676 g/mol. The van der Waals surface area contributed by atoms with E-state index in [1.165, 1.54) is 0 Å². The molecule has 0 radical (unpaired) electrons. The third-order valence-electron chi connectivity index (χ3n) is 7.15. The van der Waals surface area contributed by atoms with Gasteiger partial charge in [0.2, 0.25) is 0 Å². The predicted octanol–water partition coefficient (Wildman–Crippen LogP) is 8.09. The average molecular weight is 677 g/mol. The molecule has 0 N–H and O–H groups in total. The van der Waals surface area contributed by atoms with Crippen molar-refractivity contribution in [1.82, 2.24) is 0 Å². The van der Waals surface area contributed by atoms with Gasteiger partial charge in [-0.05, 0) is 0 Å². The van der Waals surface area contributed by atoms with E-state index in [-0.39, 0.29) is 0 Å². The van der Waals surface area contributed by atoms with Gasteiger partial charge in [0, 0.05) is 0 Å². The van der Waals surface area contributed by atoms with Crippen LogP contribution in [0.25, 0.3) is 0 Å². The van der Waals surface area contributed by atoms with E-state index >= 15 is 0 Å². The van der Waals surface area contributed by atoms with E-state index in [0.717, 1.165) is 10.6 Å². The molecule has 0 unspecified atom stereocenters. The second-order valence-electron chi connectivity index (χ2n) is 13.6. The van der Waals surface area contributed by atoms with E-state index in [2.05, 4.69) is 23.7 Å². The molecule has 0 saturated carbocycles. The first-order valence-electron chi connectivity index (χ1n) is 16.2. The minimum absolute atomic E-state index is 0.446.